The fourth-order valence-electron chi connectivity index (χ4n) is 1.47. The summed E-state index contributed by atoms with van der Waals surface area (Å²) in [5, 5.41) is 0. The molecule has 1 rings (SSSR count). The van der Waals surface area contributed by atoms with E-state index >= 15 is 0 Å². The highest BCUT2D eigenvalue weighted by atomic mass is 16.2. The van der Waals surface area contributed by atoms with Crippen molar-refractivity contribution in [3.05, 3.63) is 25.3 Å². The number of carbonyl (C=O) groups is 1. The summed E-state index contributed by atoms with van der Waals surface area (Å²) in [6.07, 6.45) is 5.13. The SMILES string of the molecule is C=CCCN1C(=O)CC1(C)C=C. The smallest absolute Gasteiger partial charge is 0.225 e. The van der Waals surface area contributed by atoms with Crippen LogP contribution in [0.3, 0.4) is 0 Å². The Morgan fingerprint density at radius 3 is 2.75 bits per heavy atom. The molecule has 1 heterocycles. The molecule has 1 aliphatic heterocycles. The summed E-state index contributed by atoms with van der Waals surface area (Å²) in [6.45, 7) is 10.2. The van der Waals surface area contributed by atoms with E-state index in [0.717, 1.165) is 13.0 Å². The lowest BCUT2D eigenvalue weighted by Crippen LogP contribution is -2.60. The normalized spacial score (nSPS) is 28.1. The van der Waals surface area contributed by atoms with Gasteiger partial charge in [0.25, 0.3) is 0 Å². The number of rotatable bonds is 4. The van der Waals surface area contributed by atoms with E-state index in [0.29, 0.717) is 6.42 Å². The molecule has 0 aromatic rings. The van der Waals surface area contributed by atoms with Crippen LogP contribution in [-0.4, -0.2) is 22.9 Å². The third-order valence-corrected chi connectivity index (χ3v) is 2.42. The Morgan fingerprint density at radius 2 is 2.33 bits per heavy atom. The number of amides is 1. The maximum atomic E-state index is 11.2. The molecule has 0 aliphatic carbocycles. The largest absolute Gasteiger partial charge is 0.333 e. The zero-order valence-electron chi connectivity index (χ0n) is 7.55. The molecule has 0 bridgehead atoms. The van der Waals surface area contributed by atoms with Crippen molar-refractivity contribution in [2.24, 2.45) is 0 Å². The van der Waals surface area contributed by atoms with E-state index in [1.165, 1.54) is 0 Å². The Bertz CT molecular complexity index is 222. The fraction of sp³-hybridized carbons (Fsp3) is 0.500. The predicted octanol–water partition coefficient (Wildman–Crippen LogP) is 1.74. The lowest BCUT2D eigenvalue weighted by Gasteiger charge is -2.48. The van der Waals surface area contributed by atoms with Gasteiger partial charge in [0.15, 0.2) is 0 Å². The summed E-state index contributed by atoms with van der Waals surface area (Å²) >= 11 is 0. The highest BCUT2D eigenvalue weighted by Gasteiger charge is 2.43. The van der Waals surface area contributed by atoms with E-state index < -0.39 is 0 Å². The number of carbonyl (C=O) groups excluding carboxylic acids is 1. The molecule has 1 unspecified atom stereocenters. The van der Waals surface area contributed by atoms with Crippen molar-refractivity contribution >= 4 is 5.91 Å². The van der Waals surface area contributed by atoms with Crippen LogP contribution in [-0.2, 0) is 4.79 Å². The Morgan fingerprint density at radius 1 is 1.67 bits per heavy atom. The van der Waals surface area contributed by atoms with Gasteiger partial charge < -0.3 is 4.90 Å². The van der Waals surface area contributed by atoms with Gasteiger partial charge in [0, 0.05) is 6.54 Å². The molecule has 12 heavy (non-hydrogen) atoms. The van der Waals surface area contributed by atoms with Gasteiger partial charge in [-0.25, -0.2) is 0 Å². The minimum Gasteiger partial charge on any atom is -0.333 e. The van der Waals surface area contributed by atoms with Crippen LogP contribution in [0.5, 0.6) is 0 Å². The first-order chi connectivity index (χ1) is 5.64. The molecule has 1 saturated heterocycles. The molecule has 0 aromatic carbocycles. The molecule has 2 heteroatoms. The molecule has 1 aliphatic rings. The van der Waals surface area contributed by atoms with Crippen LogP contribution in [0.25, 0.3) is 0 Å². The summed E-state index contributed by atoms with van der Waals surface area (Å²) < 4.78 is 0. The van der Waals surface area contributed by atoms with Crippen LogP contribution in [0.15, 0.2) is 25.3 Å². The summed E-state index contributed by atoms with van der Waals surface area (Å²) in [4.78, 5) is 13.0. The number of likely N-dealkylation sites (tertiary alicyclic amines) is 1. The zero-order chi connectivity index (χ0) is 9.19. The second kappa shape index (κ2) is 3.13. The molecule has 1 atom stereocenters. The van der Waals surface area contributed by atoms with Gasteiger partial charge in [-0.1, -0.05) is 12.2 Å². The molecule has 1 amide bonds. The first kappa shape index (κ1) is 9.04. The van der Waals surface area contributed by atoms with Gasteiger partial charge in [0.2, 0.25) is 5.91 Å². The summed E-state index contributed by atoms with van der Waals surface area (Å²) in [6, 6.07) is 0. The standard InChI is InChI=1S/C10H15NO/c1-4-6-7-11-9(12)8-10(11,3)5-2/h4-5H,1-2,6-8H2,3H3. The Kier molecular flexibility index (Phi) is 2.36. The van der Waals surface area contributed by atoms with Gasteiger partial charge in [-0.3, -0.25) is 4.79 Å². The third kappa shape index (κ3) is 1.29. The van der Waals surface area contributed by atoms with Crippen molar-refractivity contribution < 1.29 is 4.79 Å². The average molecular weight is 165 g/mol. The Hall–Kier alpha value is -1.05. The molecule has 0 spiro atoms. The molecule has 0 aromatic heterocycles. The minimum atomic E-state index is -0.0971. The molecule has 2 nitrogen and oxygen atoms in total. The second-order valence-corrected chi connectivity index (χ2v) is 3.36. The topological polar surface area (TPSA) is 20.3 Å². The molecule has 0 N–H and O–H groups in total. The Labute approximate surface area is 73.6 Å². The van der Waals surface area contributed by atoms with E-state index in [1.54, 1.807) is 0 Å². The van der Waals surface area contributed by atoms with Crippen molar-refractivity contribution in [2.75, 3.05) is 6.54 Å². The van der Waals surface area contributed by atoms with E-state index in [2.05, 4.69) is 13.2 Å². The highest BCUT2D eigenvalue weighted by Crippen LogP contribution is 2.32. The van der Waals surface area contributed by atoms with Crippen molar-refractivity contribution in [2.45, 2.75) is 25.3 Å². The van der Waals surface area contributed by atoms with E-state index in [1.807, 2.05) is 24.0 Å². The quantitative estimate of drug-likeness (QED) is 0.459. The first-order valence-corrected chi connectivity index (χ1v) is 4.19. The van der Waals surface area contributed by atoms with Crippen molar-refractivity contribution in [3.8, 4) is 0 Å². The van der Waals surface area contributed by atoms with Gasteiger partial charge >= 0.3 is 0 Å². The van der Waals surface area contributed by atoms with Gasteiger partial charge in [0.05, 0.1) is 12.0 Å². The van der Waals surface area contributed by atoms with Crippen molar-refractivity contribution in [1.29, 1.82) is 0 Å². The van der Waals surface area contributed by atoms with Gasteiger partial charge in [-0.15, -0.1) is 13.2 Å². The van der Waals surface area contributed by atoms with Crippen LogP contribution in [0.4, 0.5) is 0 Å². The van der Waals surface area contributed by atoms with Gasteiger partial charge in [0.1, 0.15) is 0 Å². The molecule has 0 radical (unpaired) electrons. The van der Waals surface area contributed by atoms with Gasteiger partial charge in [-0.05, 0) is 13.3 Å². The fourth-order valence-corrected chi connectivity index (χ4v) is 1.47. The van der Waals surface area contributed by atoms with Crippen molar-refractivity contribution in [1.82, 2.24) is 4.90 Å². The lowest BCUT2D eigenvalue weighted by molar-refractivity contribution is -0.150. The molecular weight excluding hydrogens is 150 g/mol. The molecule has 0 saturated carbocycles. The molecule has 66 valence electrons. The maximum absolute atomic E-state index is 11.2. The first-order valence-electron chi connectivity index (χ1n) is 4.19. The monoisotopic (exact) mass is 165 g/mol. The highest BCUT2D eigenvalue weighted by molar-refractivity contribution is 5.85. The zero-order valence-corrected chi connectivity index (χ0v) is 7.55. The minimum absolute atomic E-state index is 0.0971. The van der Waals surface area contributed by atoms with E-state index in [9.17, 15) is 4.79 Å². The summed E-state index contributed by atoms with van der Waals surface area (Å²) in [7, 11) is 0. The number of nitrogens with zero attached hydrogens (tertiary/aromatic N) is 1. The van der Waals surface area contributed by atoms with Crippen LogP contribution in [0, 0.1) is 0 Å². The second-order valence-electron chi connectivity index (χ2n) is 3.36. The number of hydrogen-bond acceptors (Lipinski definition) is 1. The van der Waals surface area contributed by atoms with Crippen LogP contribution in [0.2, 0.25) is 0 Å². The average Bonchev–Trinajstić information content (AvgIpc) is 2.04. The third-order valence-electron chi connectivity index (χ3n) is 2.42. The van der Waals surface area contributed by atoms with E-state index in [4.69, 9.17) is 0 Å². The van der Waals surface area contributed by atoms with Crippen LogP contribution in [0.1, 0.15) is 19.8 Å². The lowest BCUT2D eigenvalue weighted by atomic mass is 9.86. The Balaban J connectivity index is 2.55. The van der Waals surface area contributed by atoms with Crippen molar-refractivity contribution in [3.63, 3.8) is 0 Å². The predicted molar refractivity (Wildman–Crippen MR) is 49.7 cm³/mol. The summed E-state index contributed by atoms with van der Waals surface area (Å²) in [5.41, 5.74) is -0.0971. The van der Waals surface area contributed by atoms with E-state index in [-0.39, 0.29) is 11.4 Å². The van der Waals surface area contributed by atoms with Crippen LogP contribution >= 0.6 is 0 Å². The summed E-state index contributed by atoms with van der Waals surface area (Å²) in [5.74, 6) is 0.222. The molecule has 1 fully saturated rings. The number of hydrogen-bond donors (Lipinski definition) is 0. The van der Waals surface area contributed by atoms with Gasteiger partial charge in [-0.2, -0.15) is 0 Å². The number of β-lactam (4-membered cyclic amide) rings is 1. The maximum Gasteiger partial charge on any atom is 0.225 e. The molecular formula is C10H15NO. The van der Waals surface area contributed by atoms with Crippen LogP contribution < -0.4 is 0 Å².